The third-order valence-corrected chi connectivity index (χ3v) is 7.66. The first-order valence-corrected chi connectivity index (χ1v) is 11.2. The summed E-state index contributed by atoms with van der Waals surface area (Å²) in [6.45, 7) is 4.70. The maximum Gasteiger partial charge on any atom is 0.320 e. The number of hydrogen-bond acceptors (Lipinski definition) is 4. The molecule has 6 rings (SSSR count). The number of nitrogens with one attached hydrogen (secondary N) is 1. The fourth-order valence-electron chi connectivity index (χ4n) is 5.62. The number of likely N-dealkylation sites (tertiary alicyclic amines) is 2. The van der Waals surface area contributed by atoms with E-state index in [1.54, 1.807) is 16.8 Å². The van der Waals surface area contributed by atoms with Gasteiger partial charge in [0.2, 0.25) is 5.91 Å². The molecule has 0 spiro atoms. The number of morpholine rings is 1. The molecule has 9 heteroatoms. The SMILES string of the molecule is C[C@]12CCN(C(=O)N3C[C@@H]4[C@H](C3)[C@H]4c3ccn(-c4ccc(F)cc4)n3)C[C@H]1NC(=O)CO2. The molecular weight excluding hydrogens is 413 g/mol. The van der Waals surface area contributed by atoms with Crippen molar-refractivity contribution in [3.63, 3.8) is 0 Å². The molecule has 4 fully saturated rings. The number of amides is 3. The first-order chi connectivity index (χ1) is 15.4. The van der Waals surface area contributed by atoms with E-state index in [9.17, 15) is 14.0 Å². The Morgan fingerprint density at radius 1 is 1.16 bits per heavy atom. The summed E-state index contributed by atoms with van der Waals surface area (Å²) in [4.78, 5) is 28.7. The molecule has 4 heterocycles. The van der Waals surface area contributed by atoms with Crippen molar-refractivity contribution in [1.82, 2.24) is 24.9 Å². The standard InChI is InChI=1S/C23H26FN5O3/c1-23-7-9-27(12-19(23)25-20(30)13-32-23)22(31)28-10-16-17(11-28)21(16)18-6-8-29(26-18)15-4-2-14(24)3-5-15/h2-6,8,16-17,19,21H,7,9-13H2,1H3,(H,25,30)/t16-,17+,19-,21+,23+/m1/s1. The molecule has 2 aromatic rings. The van der Waals surface area contributed by atoms with E-state index in [-0.39, 0.29) is 30.4 Å². The molecule has 1 aromatic carbocycles. The van der Waals surface area contributed by atoms with Crippen LogP contribution in [-0.4, -0.2) is 75.9 Å². The Labute approximate surface area is 185 Å². The number of urea groups is 1. The summed E-state index contributed by atoms with van der Waals surface area (Å²) in [5, 5.41) is 7.69. The van der Waals surface area contributed by atoms with Crippen LogP contribution in [0.4, 0.5) is 9.18 Å². The smallest absolute Gasteiger partial charge is 0.320 e. The van der Waals surface area contributed by atoms with Crippen LogP contribution in [-0.2, 0) is 9.53 Å². The fourth-order valence-corrected chi connectivity index (χ4v) is 5.62. The highest BCUT2D eigenvalue weighted by atomic mass is 19.1. The number of aromatic nitrogens is 2. The Kier molecular flexibility index (Phi) is 4.33. The van der Waals surface area contributed by atoms with Crippen LogP contribution in [0, 0.1) is 17.7 Å². The Morgan fingerprint density at radius 3 is 2.66 bits per heavy atom. The topological polar surface area (TPSA) is 79.7 Å². The number of hydrogen-bond donors (Lipinski definition) is 1. The van der Waals surface area contributed by atoms with Gasteiger partial charge in [-0.15, -0.1) is 0 Å². The lowest BCUT2D eigenvalue weighted by molar-refractivity contribution is -0.156. The molecule has 32 heavy (non-hydrogen) atoms. The van der Waals surface area contributed by atoms with Gasteiger partial charge in [0, 0.05) is 38.3 Å². The van der Waals surface area contributed by atoms with E-state index < -0.39 is 5.60 Å². The Balaban J connectivity index is 1.07. The van der Waals surface area contributed by atoms with Gasteiger partial charge in [-0.05, 0) is 55.5 Å². The predicted molar refractivity (Wildman–Crippen MR) is 113 cm³/mol. The van der Waals surface area contributed by atoms with Gasteiger partial charge >= 0.3 is 6.03 Å². The molecule has 3 amide bonds. The quantitative estimate of drug-likeness (QED) is 0.774. The van der Waals surface area contributed by atoms with E-state index in [4.69, 9.17) is 9.84 Å². The predicted octanol–water partition coefficient (Wildman–Crippen LogP) is 1.76. The zero-order valence-electron chi connectivity index (χ0n) is 17.9. The number of ether oxygens (including phenoxy) is 1. The average molecular weight is 439 g/mol. The number of piperidine rings is 2. The minimum Gasteiger partial charge on any atom is -0.363 e. The van der Waals surface area contributed by atoms with Gasteiger partial charge < -0.3 is 19.9 Å². The maximum absolute atomic E-state index is 13.2. The zero-order chi connectivity index (χ0) is 22.0. The summed E-state index contributed by atoms with van der Waals surface area (Å²) < 4.78 is 20.7. The lowest BCUT2D eigenvalue weighted by atomic mass is 9.87. The van der Waals surface area contributed by atoms with Gasteiger partial charge in [-0.3, -0.25) is 4.79 Å². The van der Waals surface area contributed by atoms with Crippen molar-refractivity contribution in [2.24, 2.45) is 11.8 Å². The van der Waals surface area contributed by atoms with Gasteiger partial charge in [-0.25, -0.2) is 13.9 Å². The molecule has 3 aliphatic heterocycles. The summed E-state index contributed by atoms with van der Waals surface area (Å²) in [5.74, 6) is 0.856. The number of carbonyl (C=O) groups excluding carboxylic acids is 2. The second kappa shape index (κ2) is 7.03. The number of halogens is 1. The van der Waals surface area contributed by atoms with Crippen molar-refractivity contribution in [1.29, 1.82) is 0 Å². The van der Waals surface area contributed by atoms with E-state index in [1.165, 1.54) is 12.1 Å². The van der Waals surface area contributed by atoms with Crippen molar-refractivity contribution in [3.05, 3.63) is 48.0 Å². The summed E-state index contributed by atoms with van der Waals surface area (Å²) in [7, 11) is 0. The van der Waals surface area contributed by atoms with Gasteiger partial charge in [0.25, 0.3) is 0 Å². The van der Waals surface area contributed by atoms with Gasteiger partial charge in [0.1, 0.15) is 12.4 Å². The molecule has 1 aliphatic carbocycles. The van der Waals surface area contributed by atoms with Crippen LogP contribution in [0.1, 0.15) is 25.0 Å². The summed E-state index contributed by atoms with van der Waals surface area (Å²) in [5.41, 5.74) is 1.47. The first-order valence-electron chi connectivity index (χ1n) is 11.2. The van der Waals surface area contributed by atoms with Crippen molar-refractivity contribution in [2.75, 3.05) is 32.8 Å². The summed E-state index contributed by atoms with van der Waals surface area (Å²) in [6.07, 6.45) is 2.62. The molecule has 0 radical (unpaired) electrons. The minimum absolute atomic E-state index is 0.0506. The van der Waals surface area contributed by atoms with Crippen LogP contribution in [0.25, 0.3) is 5.69 Å². The third-order valence-electron chi connectivity index (χ3n) is 7.66. The molecule has 3 saturated heterocycles. The second-order valence-corrected chi connectivity index (χ2v) is 9.62. The lowest BCUT2D eigenvalue weighted by Crippen LogP contribution is -2.67. The van der Waals surface area contributed by atoms with Crippen LogP contribution >= 0.6 is 0 Å². The largest absolute Gasteiger partial charge is 0.363 e. The van der Waals surface area contributed by atoms with Gasteiger partial charge in [0.15, 0.2) is 0 Å². The molecule has 0 unspecified atom stereocenters. The molecule has 1 saturated carbocycles. The van der Waals surface area contributed by atoms with Crippen molar-refractivity contribution >= 4 is 11.9 Å². The lowest BCUT2D eigenvalue weighted by Gasteiger charge is -2.48. The Bertz CT molecular complexity index is 1060. The number of fused-ring (bicyclic) bond motifs is 2. The van der Waals surface area contributed by atoms with E-state index in [1.807, 2.05) is 29.0 Å². The highest BCUT2D eigenvalue weighted by Crippen LogP contribution is 2.57. The van der Waals surface area contributed by atoms with Gasteiger partial charge in [-0.2, -0.15) is 5.10 Å². The minimum atomic E-state index is -0.397. The van der Waals surface area contributed by atoms with Gasteiger partial charge in [-0.1, -0.05) is 0 Å². The molecule has 8 nitrogen and oxygen atoms in total. The zero-order valence-corrected chi connectivity index (χ0v) is 17.9. The third kappa shape index (κ3) is 3.18. The molecule has 5 atom stereocenters. The number of rotatable bonds is 2. The number of nitrogens with zero attached hydrogens (tertiary/aromatic N) is 4. The monoisotopic (exact) mass is 439 g/mol. The van der Waals surface area contributed by atoms with E-state index in [0.29, 0.717) is 37.3 Å². The van der Waals surface area contributed by atoms with Crippen LogP contribution in [0.15, 0.2) is 36.5 Å². The van der Waals surface area contributed by atoms with Crippen molar-refractivity contribution < 1.29 is 18.7 Å². The normalized spacial score (nSPS) is 33.5. The van der Waals surface area contributed by atoms with Crippen molar-refractivity contribution in [2.45, 2.75) is 30.9 Å². The fraction of sp³-hybridized carbons (Fsp3) is 0.522. The van der Waals surface area contributed by atoms with Crippen molar-refractivity contribution in [3.8, 4) is 5.69 Å². The van der Waals surface area contributed by atoms with E-state index in [2.05, 4.69) is 5.32 Å². The van der Waals surface area contributed by atoms with E-state index >= 15 is 0 Å². The molecular formula is C23H26FN5O3. The highest BCUT2D eigenvalue weighted by molar-refractivity contribution is 5.79. The molecule has 1 aromatic heterocycles. The number of benzene rings is 1. The molecule has 4 aliphatic rings. The molecule has 0 bridgehead atoms. The highest BCUT2D eigenvalue weighted by Gasteiger charge is 2.59. The van der Waals surface area contributed by atoms with Crippen LogP contribution in [0.5, 0.6) is 0 Å². The molecule has 168 valence electrons. The van der Waals surface area contributed by atoms with Crippen LogP contribution < -0.4 is 5.32 Å². The molecule has 1 N–H and O–H groups in total. The summed E-state index contributed by atoms with van der Waals surface area (Å²) >= 11 is 0. The van der Waals surface area contributed by atoms with Gasteiger partial charge in [0.05, 0.1) is 23.0 Å². The second-order valence-electron chi connectivity index (χ2n) is 9.62. The van der Waals surface area contributed by atoms with E-state index in [0.717, 1.165) is 24.5 Å². The van der Waals surface area contributed by atoms with Crippen LogP contribution in [0.3, 0.4) is 0 Å². The Morgan fingerprint density at radius 2 is 1.91 bits per heavy atom. The average Bonchev–Trinajstić information content (AvgIpc) is 3.13. The maximum atomic E-state index is 13.2. The first kappa shape index (κ1) is 19.7. The Hall–Kier alpha value is -2.94. The summed E-state index contributed by atoms with van der Waals surface area (Å²) in [6, 6.07) is 8.19. The van der Waals surface area contributed by atoms with Crippen LogP contribution in [0.2, 0.25) is 0 Å². The number of carbonyl (C=O) groups is 2.